The zero-order valence-corrected chi connectivity index (χ0v) is 9.97. The van der Waals surface area contributed by atoms with Crippen molar-refractivity contribution >= 4 is 17.7 Å². The Hall–Kier alpha value is -2.24. The lowest BCUT2D eigenvalue weighted by Gasteiger charge is -2.28. The predicted octanol–water partition coefficient (Wildman–Crippen LogP) is 1.31. The van der Waals surface area contributed by atoms with Gasteiger partial charge in [0.15, 0.2) is 0 Å². The first kappa shape index (κ1) is 12.2. The summed E-state index contributed by atoms with van der Waals surface area (Å²) in [4.78, 5) is 24.2. The van der Waals surface area contributed by atoms with Crippen LogP contribution in [0.1, 0.15) is 16.8 Å². The van der Waals surface area contributed by atoms with Crippen LogP contribution in [-0.2, 0) is 0 Å². The summed E-state index contributed by atoms with van der Waals surface area (Å²) in [7, 11) is 1.49. The SMILES string of the molecule is COc1ccc(C(=O)O)cc1N1CCCNC1=O. The van der Waals surface area contributed by atoms with Gasteiger partial charge in [-0.2, -0.15) is 0 Å². The van der Waals surface area contributed by atoms with Gasteiger partial charge in [-0.1, -0.05) is 0 Å². The van der Waals surface area contributed by atoms with Crippen molar-refractivity contribution in [3.05, 3.63) is 23.8 Å². The fraction of sp³-hybridized carbons (Fsp3) is 0.333. The number of carboxylic acid groups (broad SMARTS) is 1. The fourth-order valence-corrected chi connectivity index (χ4v) is 1.89. The number of benzene rings is 1. The van der Waals surface area contributed by atoms with Gasteiger partial charge in [0.1, 0.15) is 5.75 Å². The quantitative estimate of drug-likeness (QED) is 0.847. The molecule has 0 spiro atoms. The molecule has 18 heavy (non-hydrogen) atoms. The van der Waals surface area contributed by atoms with Crippen LogP contribution in [0.25, 0.3) is 0 Å². The van der Waals surface area contributed by atoms with E-state index in [1.807, 2.05) is 0 Å². The van der Waals surface area contributed by atoms with Gasteiger partial charge in [-0.05, 0) is 24.6 Å². The highest BCUT2D eigenvalue weighted by Gasteiger charge is 2.23. The topological polar surface area (TPSA) is 78.9 Å². The molecule has 1 aliphatic heterocycles. The highest BCUT2D eigenvalue weighted by Crippen LogP contribution is 2.30. The molecule has 1 aliphatic rings. The first-order valence-electron chi connectivity index (χ1n) is 5.60. The van der Waals surface area contributed by atoms with Crippen molar-refractivity contribution in [2.75, 3.05) is 25.1 Å². The van der Waals surface area contributed by atoms with E-state index in [1.54, 1.807) is 6.07 Å². The number of hydrogen-bond acceptors (Lipinski definition) is 3. The lowest BCUT2D eigenvalue weighted by atomic mass is 10.1. The highest BCUT2D eigenvalue weighted by molar-refractivity contribution is 5.97. The van der Waals surface area contributed by atoms with Crippen molar-refractivity contribution in [3.8, 4) is 5.75 Å². The average molecular weight is 250 g/mol. The summed E-state index contributed by atoms with van der Waals surface area (Å²) in [5, 5.41) is 11.7. The Kier molecular flexibility index (Phi) is 3.36. The van der Waals surface area contributed by atoms with E-state index < -0.39 is 5.97 Å². The second kappa shape index (κ2) is 4.95. The molecule has 2 amide bonds. The summed E-state index contributed by atoms with van der Waals surface area (Å²) >= 11 is 0. The van der Waals surface area contributed by atoms with Crippen LogP contribution in [0, 0.1) is 0 Å². The molecule has 0 radical (unpaired) electrons. The maximum atomic E-state index is 11.8. The number of urea groups is 1. The molecule has 0 unspecified atom stereocenters. The van der Waals surface area contributed by atoms with Gasteiger partial charge >= 0.3 is 12.0 Å². The molecule has 1 saturated heterocycles. The smallest absolute Gasteiger partial charge is 0.335 e. The van der Waals surface area contributed by atoms with Gasteiger partial charge in [0.25, 0.3) is 0 Å². The van der Waals surface area contributed by atoms with Crippen LogP contribution >= 0.6 is 0 Å². The molecule has 0 saturated carbocycles. The average Bonchev–Trinajstić information content (AvgIpc) is 2.38. The summed E-state index contributed by atoms with van der Waals surface area (Å²) < 4.78 is 5.17. The molecule has 1 heterocycles. The first-order chi connectivity index (χ1) is 8.63. The van der Waals surface area contributed by atoms with Gasteiger partial charge in [0, 0.05) is 13.1 Å². The van der Waals surface area contributed by atoms with Gasteiger partial charge in [-0.3, -0.25) is 4.90 Å². The minimum atomic E-state index is -1.03. The van der Waals surface area contributed by atoms with E-state index in [1.165, 1.54) is 24.1 Å². The van der Waals surface area contributed by atoms with Crippen LogP contribution < -0.4 is 15.0 Å². The van der Waals surface area contributed by atoms with E-state index in [0.717, 1.165) is 6.42 Å². The monoisotopic (exact) mass is 250 g/mol. The van der Waals surface area contributed by atoms with Crippen LogP contribution in [0.4, 0.5) is 10.5 Å². The largest absolute Gasteiger partial charge is 0.495 e. The molecule has 6 heteroatoms. The lowest BCUT2D eigenvalue weighted by molar-refractivity contribution is 0.0697. The maximum absolute atomic E-state index is 11.8. The van der Waals surface area contributed by atoms with Crippen molar-refractivity contribution in [2.45, 2.75) is 6.42 Å². The second-order valence-corrected chi connectivity index (χ2v) is 3.93. The Morgan fingerprint density at radius 1 is 1.50 bits per heavy atom. The molecule has 96 valence electrons. The fourth-order valence-electron chi connectivity index (χ4n) is 1.89. The minimum absolute atomic E-state index is 0.129. The molecule has 1 fully saturated rings. The summed E-state index contributed by atoms with van der Waals surface area (Å²) in [5.41, 5.74) is 0.610. The highest BCUT2D eigenvalue weighted by atomic mass is 16.5. The van der Waals surface area contributed by atoms with Gasteiger partial charge in [-0.15, -0.1) is 0 Å². The van der Waals surface area contributed by atoms with Crippen LogP contribution in [0.3, 0.4) is 0 Å². The minimum Gasteiger partial charge on any atom is -0.495 e. The summed E-state index contributed by atoms with van der Waals surface area (Å²) in [6.45, 7) is 1.18. The molecular weight excluding hydrogens is 236 g/mol. The van der Waals surface area contributed by atoms with Crippen LogP contribution in [-0.4, -0.2) is 37.3 Å². The first-order valence-corrected chi connectivity index (χ1v) is 5.60. The van der Waals surface area contributed by atoms with Crippen molar-refractivity contribution in [1.82, 2.24) is 5.32 Å². The Morgan fingerprint density at radius 3 is 2.89 bits per heavy atom. The molecule has 1 aromatic carbocycles. The molecule has 2 rings (SSSR count). The number of amides is 2. The molecule has 0 aromatic heterocycles. The number of nitrogens with zero attached hydrogens (tertiary/aromatic N) is 1. The van der Waals surface area contributed by atoms with Crippen molar-refractivity contribution in [1.29, 1.82) is 0 Å². The summed E-state index contributed by atoms with van der Waals surface area (Å²) in [6, 6.07) is 4.22. The third-order valence-corrected chi connectivity index (χ3v) is 2.80. The zero-order valence-electron chi connectivity index (χ0n) is 9.97. The molecular formula is C12H14N2O4. The lowest BCUT2D eigenvalue weighted by Crippen LogP contribution is -2.46. The Bertz CT molecular complexity index is 487. The number of carboxylic acids is 1. The van der Waals surface area contributed by atoms with E-state index >= 15 is 0 Å². The summed E-state index contributed by atoms with van der Waals surface area (Å²) in [5.74, 6) is -0.548. The maximum Gasteiger partial charge on any atom is 0.335 e. The predicted molar refractivity (Wildman–Crippen MR) is 65.3 cm³/mol. The van der Waals surface area contributed by atoms with E-state index in [9.17, 15) is 9.59 Å². The number of anilines is 1. The third-order valence-electron chi connectivity index (χ3n) is 2.80. The molecule has 2 N–H and O–H groups in total. The van der Waals surface area contributed by atoms with Crippen LogP contribution in [0.15, 0.2) is 18.2 Å². The molecule has 0 aliphatic carbocycles. The normalized spacial score (nSPS) is 15.2. The number of carbonyl (C=O) groups excluding carboxylic acids is 1. The number of carbonyl (C=O) groups is 2. The second-order valence-electron chi connectivity index (χ2n) is 3.93. The van der Waals surface area contributed by atoms with Crippen molar-refractivity contribution in [3.63, 3.8) is 0 Å². The van der Waals surface area contributed by atoms with Crippen LogP contribution in [0.2, 0.25) is 0 Å². The van der Waals surface area contributed by atoms with Crippen molar-refractivity contribution in [2.24, 2.45) is 0 Å². The van der Waals surface area contributed by atoms with Crippen LogP contribution in [0.5, 0.6) is 5.75 Å². The number of ether oxygens (including phenoxy) is 1. The van der Waals surface area contributed by atoms with Gasteiger partial charge in [0.2, 0.25) is 0 Å². The number of nitrogens with one attached hydrogen (secondary N) is 1. The Labute approximate surface area is 104 Å². The van der Waals surface area contributed by atoms with E-state index in [0.29, 0.717) is 24.5 Å². The van der Waals surface area contributed by atoms with Crippen molar-refractivity contribution < 1.29 is 19.4 Å². The Morgan fingerprint density at radius 2 is 2.28 bits per heavy atom. The number of rotatable bonds is 3. The summed E-state index contributed by atoms with van der Waals surface area (Å²) in [6.07, 6.45) is 0.812. The van der Waals surface area contributed by atoms with Gasteiger partial charge in [0.05, 0.1) is 18.4 Å². The van der Waals surface area contributed by atoms with E-state index in [4.69, 9.17) is 9.84 Å². The van der Waals surface area contributed by atoms with Gasteiger partial charge in [-0.25, -0.2) is 9.59 Å². The molecule has 0 atom stereocenters. The third kappa shape index (κ3) is 2.22. The standard InChI is InChI=1S/C12H14N2O4/c1-18-10-4-3-8(11(15)16)7-9(10)14-6-2-5-13-12(14)17/h3-4,7H,2,5-6H2,1H3,(H,13,17)(H,15,16). The molecule has 1 aromatic rings. The molecule has 0 bridgehead atoms. The zero-order chi connectivity index (χ0) is 13.1. The van der Waals surface area contributed by atoms with E-state index in [2.05, 4.69) is 5.32 Å². The number of hydrogen-bond donors (Lipinski definition) is 2. The Balaban J connectivity index is 2.42. The molecule has 6 nitrogen and oxygen atoms in total. The number of aromatic carboxylic acids is 1. The number of methoxy groups -OCH3 is 1. The van der Waals surface area contributed by atoms with E-state index in [-0.39, 0.29) is 11.6 Å². The van der Waals surface area contributed by atoms with Gasteiger partial charge < -0.3 is 15.2 Å².